The van der Waals surface area contributed by atoms with Crippen LogP contribution in [0.4, 0.5) is 11.4 Å². The summed E-state index contributed by atoms with van der Waals surface area (Å²) >= 11 is 0. The number of nitrogens with zero attached hydrogens (tertiary/aromatic N) is 5. The highest BCUT2D eigenvalue weighted by Crippen LogP contribution is 2.43. The summed E-state index contributed by atoms with van der Waals surface area (Å²) in [6.45, 7) is 4.68. The Hall–Kier alpha value is -6.46. The predicted molar refractivity (Wildman–Crippen MR) is 199 cm³/mol. The van der Waals surface area contributed by atoms with Gasteiger partial charge in [0.1, 0.15) is 0 Å². The first-order valence-corrected chi connectivity index (χ1v) is 16.0. The van der Waals surface area contributed by atoms with E-state index in [0.717, 1.165) is 79.3 Å². The number of hydrogen-bond donors (Lipinski definition) is 0. The molecule has 5 nitrogen and oxygen atoms in total. The summed E-state index contributed by atoms with van der Waals surface area (Å²) in [5.41, 5.74) is 11.7. The van der Waals surface area contributed by atoms with E-state index < -0.39 is 0 Å². The number of pyridine rings is 1. The van der Waals surface area contributed by atoms with E-state index >= 15 is 0 Å². The van der Waals surface area contributed by atoms with Crippen LogP contribution in [0, 0.1) is 0 Å². The highest BCUT2D eigenvalue weighted by atomic mass is 15.1. The molecule has 0 fully saturated rings. The van der Waals surface area contributed by atoms with Gasteiger partial charge in [-0.05, 0) is 36.1 Å². The molecule has 0 unspecified atom stereocenters. The molecule has 7 aromatic rings. The summed E-state index contributed by atoms with van der Waals surface area (Å²) < 4.78 is 0. The fourth-order valence-electron chi connectivity index (χ4n) is 6.17. The number of benzene rings is 5. The van der Waals surface area contributed by atoms with Crippen molar-refractivity contribution in [1.82, 2.24) is 15.0 Å². The van der Waals surface area contributed by atoms with Crippen LogP contribution in [0.25, 0.3) is 67.2 Å². The Morgan fingerprint density at radius 1 is 0.542 bits per heavy atom. The van der Waals surface area contributed by atoms with Crippen molar-refractivity contribution >= 4 is 29.0 Å². The van der Waals surface area contributed by atoms with E-state index in [9.17, 15) is 0 Å². The molecule has 2 aromatic heterocycles. The van der Waals surface area contributed by atoms with Crippen LogP contribution in [-0.2, 0) is 0 Å². The van der Waals surface area contributed by atoms with Gasteiger partial charge in [-0.1, -0.05) is 140 Å². The van der Waals surface area contributed by atoms with E-state index in [1.165, 1.54) is 0 Å². The molecule has 0 amide bonds. The fraction of sp³-hybridized carbons (Fsp3) is 0.0233. The van der Waals surface area contributed by atoms with Crippen LogP contribution in [0.2, 0.25) is 0 Å². The molecule has 1 aliphatic heterocycles. The van der Waals surface area contributed by atoms with Gasteiger partial charge < -0.3 is 4.90 Å². The number of aliphatic imine (C=N–C) groups is 1. The molecule has 0 radical (unpaired) electrons. The minimum absolute atomic E-state index is 0.708. The van der Waals surface area contributed by atoms with Gasteiger partial charge in [0.25, 0.3) is 0 Å². The first kappa shape index (κ1) is 29.0. The Labute approximate surface area is 280 Å². The minimum Gasteiger partial charge on any atom is -0.341 e. The van der Waals surface area contributed by atoms with Crippen molar-refractivity contribution < 1.29 is 0 Å². The third-order valence-corrected chi connectivity index (χ3v) is 8.60. The smallest absolute Gasteiger partial charge is 0.160 e. The zero-order valence-electron chi connectivity index (χ0n) is 26.2. The molecule has 0 atom stereocenters. The van der Waals surface area contributed by atoms with Gasteiger partial charge in [0.2, 0.25) is 0 Å². The van der Waals surface area contributed by atoms with Gasteiger partial charge in [-0.2, -0.15) is 0 Å². The topological polar surface area (TPSA) is 54.3 Å². The lowest BCUT2D eigenvalue weighted by Crippen LogP contribution is -2.19. The van der Waals surface area contributed by atoms with Crippen molar-refractivity contribution in [2.75, 3.05) is 11.4 Å². The monoisotopic (exact) mass is 617 g/mol. The van der Waals surface area contributed by atoms with E-state index in [1.807, 2.05) is 72.8 Å². The highest BCUT2D eigenvalue weighted by molar-refractivity contribution is 6.03. The zero-order chi connectivity index (χ0) is 32.3. The summed E-state index contributed by atoms with van der Waals surface area (Å²) in [6.07, 6.45) is 8.30. The van der Waals surface area contributed by atoms with E-state index in [4.69, 9.17) is 15.0 Å². The molecule has 0 saturated heterocycles. The molecule has 0 bridgehead atoms. The number of aromatic nitrogens is 3. The van der Waals surface area contributed by atoms with Crippen LogP contribution < -0.4 is 4.90 Å². The summed E-state index contributed by atoms with van der Waals surface area (Å²) in [6, 6.07) is 47.7. The summed E-state index contributed by atoms with van der Waals surface area (Å²) in [4.78, 5) is 21.7. The molecule has 8 rings (SSSR count). The Morgan fingerprint density at radius 3 is 1.73 bits per heavy atom. The Balaban J connectivity index is 1.14. The third kappa shape index (κ3) is 5.59. The molecule has 1 aliphatic rings. The molecule has 228 valence electrons. The van der Waals surface area contributed by atoms with Crippen LogP contribution in [0.5, 0.6) is 0 Å². The molecule has 0 saturated carbocycles. The third-order valence-electron chi connectivity index (χ3n) is 8.60. The second-order valence-electron chi connectivity index (χ2n) is 11.6. The Morgan fingerprint density at radius 2 is 1.10 bits per heavy atom. The van der Waals surface area contributed by atoms with Crippen LogP contribution in [0.15, 0.2) is 169 Å². The molecule has 0 N–H and O–H groups in total. The quantitative estimate of drug-likeness (QED) is 0.167. The predicted octanol–water partition coefficient (Wildman–Crippen LogP) is 10.6. The van der Waals surface area contributed by atoms with E-state index in [1.54, 1.807) is 0 Å². The average molecular weight is 618 g/mol. The number of para-hydroxylation sites is 1. The molecule has 3 heterocycles. The number of anilines is 1. The molecule has 5 aromatic carbocycles. The SMILES string of the molecule is C=Nc1c(N2C=CC=CC2)c(-c2ccc(-c3ccc(-c4cc(-c5ccccc5)nc(-c5ccccc5)n4)cc3)cc2)nc2ccccc12. The van der Waals surface area contributed by atoms with E-state index in [2.05, 4.69) is 108 Å². The lowest BCUT2D eigenvalue weighted by molar-refractivity contribution is 1.07. The second-order valence-corrected chi connectivity index (χ2v) is 11.6. The van der Waals surface area contributed by atoms with Crippen LogP contribution >= 0.6 is 0 Å². The van der Waals surface area contributed by atoms with Gasteiger partial charge >= 0.3 is 0 Å². The standard InChI is InChI=1S/C43H31N5/c1-44-41-36-17-9-10-18-37(36)45-40(42(41)48-27-11-4-12-28-48)34-25-21-31(22-26-34)30-19-23-33(24-20-30)39-29-38(32-13-5-2-6-14-32)46-43(47-39)35-15-7-3-8-16-35/h2-27,29H,1,28H2. The molecule has 5 heteroatoms. The van der Waals surface area contributed by atoms with Gasteiger partial charge in [0.05, 0.1) is 34.0 Å². The van der Waals surface area contributed by atoms with Gasteiger partial charge in [-0.25, -0.2) is 15.0 Å². The van der Waals surface area contributed by atoms with Crippen LogP contribution in [0.3, 0.4) is 0 Å². The van der Waals surface area contributed by atoms with Gasteiger partial charge in [0.15, 0.2) is 5.82 Å². The van der Waals surface area contributed by atoms with Crippen molar-refractivity contribution in [2.24, 2.45) is 4.99 Å². The molecular formula is C43H31N5. The number of allylic oxidation sites excluding steroid dienone is 2. The molecule has 48 heavy (non-hydrogen) atoms. The Kier molecular flexibility index (Phi) is 7.69. The van der Waals surface area contributed by atoms with Gasteiger partial charge in [-0.15, -0.1) is 0 Å². The van der Waals surface area contributed by atoms with Crippen molar-refractivity contribution in [3.63, 3.8) is 0 Å². The maximum absolute atomic E-state index is 5.14. The molecule has 0 spiro atoms. The van der Waals surface area contributed by atoms with Crippen molar-refractivity contribution in [3.05, 3.63) is 164 Å². The molecular weight excluding hydrogens is 587 g/mol. The van der Waals surface area contributed by atoms with Crippen LogP contribution in [-0.4, -0.2) is 28.2 Å². The largest absolute Gasteiger partial charge is 0.341 e. The van der Waals surface area contributed by atoms with E-state index in [0.29, 0.717) is 5.82 Å². The fourth-order valence-corrected chi connectivity index (χ4v) is 6.17. The first-order valence-electron chi connectivity index (χ1n) is 16.0. The summed E-state index contributed by atoms with van der Waals surface area (Å²) in [7, 11) is 0. The normalized spacial score (nSPS) is 12.4. The first-order chi connectivity index (χ1) is 23.7. The average Bonchev–Trinajstić information content (AvgIpc) is 3.18. The van der Waals surface area contributed by atoms with E-state index in [-0.39, 0.29) is 0 Å². The lowest BCUT2D eigenvalue weighted by atomic mass is 9.98. The minimum atomic E-state index is 0.708. The maximum Gasteiger partial charge on any atom is 0.160 e. The highest BCUT2D eigenvalue weighted by Gasteiger charge is 2.20. The number of fused-ring (bicyclic) bond motifs is 1. The number of rotatable bonds is 7. The summed E-state index contributed by atoms with van der Waals surface area (Å²) in [5.74, 6) is 0.708. The molecule has 0 aliphatic carbocycles. The van der Waals surface area contributed by atoms with Crippen LogP contribution in [0.1, 0.15) is 0 Å². The lowest BCUT2D eigenvalue weighted by Gasteiger charge is -2.26. The second kappa shape index (κ2) is 12.7. The summed E-state index contributed by atoms with van der Waals surface area (Å²) in [5, 5.41) is 0.987. The number of hydrogen-bond acceptors (Lipinski definition) is 5. The maximum atomic E-state index is 5.14. The Bertz CT molecular complexity index is 2250. The van der Waals surface area contributed by atoms with Gasteiger partial charge in [-0.3, -0.25) is 4.99 Å². The van der Waals surface area contributed by atoms with Crippen molar-refractivity contribution in [1.29, 1.82) is 0 Å². The zero-order valence-corrected chi connectivity index (χ0v) is 26.2. The van der Waals surface area contributed by atoms with Crippen molar-refractivity contribution in [3.8, 4) is 56.3 Å². The van der Waals surface area contributed by atoms with Gasteiger partial charge in [0, 0.05) is 40.4 Å². The van der Waals surface area contributed by atoms with Crippen molar-refractivity contribution in [2.45, 2.75) is 0 Å².